The van der Waals surface area contributed by atoms with Crippen molar-refractivity contribution in [2.45, 2.75) is 47.5 Å². The Kier molecular flexibility index (Phi) is 3.28. The predicted octanol–water partition coefficient (Wildman–Crippen LogP) is 4.83. The molecule has 1 saturated carbocycles. The number of rotatable bonds is 1. The molecule has 0 aromatic carbocycles. The van der Waals surface area contributed by atoms with Crippen molar-refractivity contribution >= 4 is 0 Å². The van der Waals surface area contributed by atoms with Crippen molar-refractivity contribution in [1.29, 1.82) is 0 Å². The number of hydrogen-bond donors (Lipinski definition) is 0. The van der Waals surface area contributed by atoms with E-state index >= 15 is 0 Å². The summed E-state index contributed by atoms with van der Waals surface area (Å²) < 4.78 is 0. The van der Waals surface area contributed by atoms with Crippen LogP contribution in [0.5, 0.6) is 0 Å². The average molecular weight is 218 g/mol. The topological polar surface area (TPSA) is 0 Å². The zero-order chi connectivity index (χ0) is 11.9. The molecule has 2 aliphatic carbocycles. The summed E-state index contributed by atoms with van der Waals surface area (Å²) in [5.41, 5.74) is 3.31. The van der Waals surface area contributed by atoms with Crippen LogP contribution in [0.4, 0.5) is 0 Å². The van der Waals surface area contributed by atoms with E-state index in [1.165, 1.54) is 12.8 Å². The molecule has 0 heteroatoms. The molecular formula is C16H26. The highest BCUT2D eigenvalue weighted by Gasteiger charge is 2.35. The van der Waals surface area contributed by atoms with Crippen LogP contribution in [0.2, 0.25) is 0 Å². The van der Waals surface area contributed by atoms with E-state index in [4.69, 9.17) is 0 Å². The fourth-order valence-corrected chi connectivity index (χ4v) is 3.74. The largest absolute Gasteiger partial charge is 0.0805 e. The molecule has 1 fully saturated rings. The summed E-state index contributed by atoms with van der Waals surface area (Å²) in [7, 11) is 0. The molecule has 90 valence electrons. The van der Waals surface area contributed by atoms with Gasteiger partial charge in [0.25, 0.3) is 0 Å². The molecule has 0 heterocycles. The maximum atomic E-state index is 2.63. The first-order valence-corrected chi connectivity index (χ1v) is 6.90. The van der Waals surface area contributed by atoms with Gasteiger partial charge in [-0.3, -0.25) is 0 Å². The van der Waals surface area contributed by atoms with Crippen molar-refractivity contribution in [1.82, 2.24) is 0 Å². The van der Waals surface area contributed by atoms with E-state index in [9.17, 15) is 0 Å². The minimum atomic E-state index is 0.651. The van der Waals surface area contributed by atoms with Crippen LogP contribution < -0.4 is 0 Å². The van der Waals surface area contributed by atoms with Crippen LogP contribution in [0, 0.1) is 29.6 Å². The van der Waals surface area contributed by atoms with Crippen LogP contribution in [0.3, 0.4) is 0 Å². The monoisotopic (exact) mass is 218 g/mol. The van der Waals surface area contributed by atoms with Gasteiger partial charge in [-0.25, -0.2) is 0 Å². The Hall–Kier alpha value is -0.520. The molecule has 0 aliphatic heterocycles. The van der Waals surface area contributed by atoms with Crippen molar-refractivity contribution in [2.24, 2.45) is 29.6 Å². The highest BCUT2D eigenvalue weighted by atomic mass is 14.4. The Morgan fingerprint density at radius 1 is 1.12 bits per heavy atom. The summed E-state index contributed by atoms with van der Waals surface area (Å²) in [6.45, 7) is 11.8. The summed E-state index contributed by atoms with van der Waals surface area (Å²) in [5.74, 6) is 3.89. The van der Waals surface area contributed by atoms with E-state index in [0.717, 1.165) is 17.8 Å². The minimum absolute atomic E-state index is 0.651. The Morgan fingerprint density at radius 3 is 2.44 bits per heavy atom. The van der Waals surface area contributed by atoms with Gasteiger partial charge in [0.15, 0.2) is 0 Å². The lowest BCUT2D eigenvalue weighted by atomic mass is 9.84. The first-order valence-electron chi connectivity index (χ1n) is 6.90. The molecule has 0 nitrogen and oxygen atoms in total. The van der Waals surface area contributed by atoms with Gasteiger partial charge in [0, 0.05) is 0 Å². The predicted molar refractivity (Wildman–Crippen MR) is 71.2 cm³/mol. The third kappa shape index (κ3) is 1.99. The van der Waals surface area contributed by atoms with E-state index in [1.807, 2.05) is 0 Å². The molecular weight excluding hydrogens is 192 g/mol. The van der Waals surface area contributed by atoms with E-state index in [-0.39, 0.29) is 0 Å². The van der Waals surface area contributed by atoms with Gasteiger partial charge >= 0.3 is 0 Å². The van der Waals surface area contributed by atoms with E-state index in [1.54, 1.807) is 11.1 Å². The van der Waals surface area contributed by atoms with Crippen molar-refractivity contribution < 1.29 is 0 Å². The van der Waals surface area contributed by atoms with Crippen LogP contribution >= 0.6 is 0 Å². The zero-order valence-electron chi connectivity index (χ0n) is 11.5. The lowest BCUT2D eigenvalue weighted by molar-refractivity contribution is 0.438. The van der Waals surface area contributed by atoms with Crippen molar-refractivity contribution in [3.63, 3.8) is 0 Å². The smallest absolute Gasteiger partial charge is 0.00463 e. The Balaban J connectivity index is 2.38. The molecule has 0 radical (unpaired) electrons. The third-order valence-electron chi connectivity index (χ3n) is 4.73. The number of fused-ring (bicyclic) bond motifs is 1. The summed E-state index contributed by atoms with van der Waals surface area (Å²) in [6.07, 6.45) is 7.97. The van der Waals surface area contributed by atoms with Gasteiger partial charge in [-0.2, -0.15) is 0 Å². The fourth-order valence-electron chi connectivity index (χ4n) is 3.74. The van der Waals surface area contributed by atoms with Gasteiger partial charge in [0.2, 0.25) is 0 Å². The third-order valence-corrected chi connectivity index (χ3v) is 4.73. The normalized spacial score (nSPS) is 39.1. The van der Waals surface area contributed by atoms with Crippen LogP contribution in [0.25, 0.3) is 0 Å². The van der Waals surface area contributed by atoms with Crippen molar-refractivity contribution in [3.8, 4) is 0 Å². The lowest BCUT2D eigenvalue weighted by Gasteiger charge is -2.20. The Labute approximate surface area is 101 Å². The van der Waals surface area contributed by atoms with Crippen LogP contribution in [-0.2, 0) is 0 Å². The van der Waals surface area contributed by atoms with Crippen molar-refractivity contribution in [3.05, 3.63) is 23.3 Å². The summed E-state index contributed by atoms with van der Waals surface area (Å²) in [6, 6.07) is 0. The molecule has 0 spiro atoms. The van der Waals surface area contributed by atoms with Gasteiger partial charge in [-0.15, -0.1) is 0 Å². The second kappa shape index (κ2) is 4.39. The van der Waals surface area contributed by atoms with E-state index in [0.29, 0.717) is 11.8 Å². The number of allylic oxidation sites excluding steroid dienone is 4. The zero-order valence-corrected chi connectivity index (χ0v) is 11.5. The minimum Gasteiger partial charge on any atom is -0.0805 e. The van der Waals surface area contributed by atoms with Crippen molar-refractivity contribution in [2.75, 3.05) is 0 Å². The molecule has 16 heavy (non-hydrogen) atoms. The van der Waals surface area contributed by atoms with Gasteiger partial charge < -0.3 is 0 Å². The lowest BCUT2D eigenvalue weighted by Crippen LogP contribution is -2.12. The first kappa shape index (κ1) is 12.0. The maximum absolute atomic E-state index is 2.63. The summed E-state index contributed by atoms with van der Waals surface area (Å²) >= 11 is 0. The molecule has 0 aromatic heterocycles. The van der Waals surface area contributed by atoms with E-state index in [2.05, 4.69) is 46.8 Å². The van der Waals surface area contributed by atoms with E-state index < -0.39 is 0 Å². The first-order chi connectivity index (χ1) is 7.50. The van der Waals surface area contributed by atoms with Gasteiger partial charge in [-0.1, -0.05) is 51.0 Å². The molecule has 0 N–H and O–H groups in total. The second-order valence-corrected chi connectivity index (χ2v) is 6.26. The van der Waals surface area contributed by atoms with Crippen LogP contribution in [-0.4, -0.2) is 0 Å². The highest BCUT2D eigenvalue weighted by Crippen LogP contribution is 2.45. The second-order valence-electron chi connectivity index (χ2n) is 6.26. The van der Waals surface area contributed by atoms with Crippen LogP contribution in [0.15, 0.2) is 23.3 Å². The summed E-state index contributed by atoms with van der Waals surface area (Å²) in [4.78, 5) is 0. The number of hydrogen-bond acceptors (Lipinski definition) is 0. The van der Waals surface area contributed by atoms with Crippen LogP contribution in [0.1, 0.15) is 47.5 Å². The molecule has 0 saturated heterocycles. The molecule has 2 rings (SSSR count). The molecule has 0 amide bonds. The Morgan fingerprint density at radius 2 is 1.81 bits per heavy atom. The van der Waals surface area contributed by atoms with Gasteiger partial charge in [0.05, 0.1) is 0 Å². The maximum Gasteiger partial charge on any atom is -0.00463 e. The standard InChI is InChI=1S/C16H26/c1-10(2)15-9-16-11(3)6-7-14(16)12(4)8-13(15)5/h8-11,13-14,16H,6-7H2,1-5H3/t11?,13-,14?,16?/m0/s1. The fraction of sp³-hybridized carbons (Fsp3) is 0.750. The highest BCUT2D eigenvalue weighted by molar-refractivity contribution is 5.26. The molecule has 3 unspecified atom stereocenters. The Bertz CT molecular complexity index is 319. The molecule has 2 aliphatic rings. The SMILES string of the molecule is CC1=C[C@H](C)C(C(C)C)=CC2C(C)CCC12. The van der Waals surface area contributed by atoms with Gasteiger partial charge in [-0.05, 0) is 49.4 Å². The molecule has 0 bridgehead atoms. The molecule has 4 atom stereocenters. The molecule has 0 aromatic rings. The quantitative estimate of drug-likeness (QED) is 0.553. The van der Waals surface area contributed by atoms with Gasteiger partial charge in [0.1, 0.15) is 0 Å². The average Bonchev–Trinajstić information content (AvgIpc) is 2.49. The summed E-state index contributed by atoms with van der Waals surface area (Å²) in [5, 5.41) is 0.